The topological polar surface area (TPSA) is 47.6 Å². The van der Waals surface area contributed by atoms with E-state index in [1.165, 1.54) is 12.1 Å². The van der Waals surface area contributed by atoms with Crippen molar-refractivity contribution in [1.29, 1.82) is 0 Å². The Labute approximate surface area is 112 Å². The molecule has 0 saturated carbocycles. The number of aryl methyl sites for hydroxylation is 1. The highest BCUT2D eigenvalue weighted by molar-refractivity contribution is 5.94. The van der Waals surface area contributed by atoms with Gasteiger partial charge in [0.1, 0.15) is 5.82 Å². The molecule has 0 aliphatic carbocycles. The smallest absolute Gasteiger partial charge is 0.251 e. The molecule has 1 aromatic carbocycles. The number of ether oxygens (including phenoxy) is 2. The molecule has 0 aromatic heterocycles. The predicted molar refractivity (Wildman–Crippen MR) is 70.8 cm³/mol. The first kappa shape index (κ1) is 15.6. The first-order chi connectivity index (χ1) is 9.15. The van der Waals surface area contributed by atoms with Crippen molar-refractivity contribution in [2.24, 2.45) is 0 Å². The molecule has 106 valence electrons. The van der Waals surface area contributed by atoms with E-state index in [2.05, 4.69) is 5.32 Å². The number of methoxy groups -OCH3 is 1. The number of hydrogen-bond donors (Lipinski definition) is 1. The van der Waals surface area contributed by atoms with Gasteiger partial charge in [-0.25, -0.2) is 4.39 Å². The average Bonchev–Trinajstić information content (AvgIpc) is 2.40. The van der Waals surface area contributed by atoms with Crippen LogP contribution in [0.5, 0.6) is 0 Å². The lowest BCUT2D eigenvalue weighted by molar-refractivity contribution is 0.0688. The number of benzene rings is 1. The molecule has 0 radical (unpaired) electrons. The number of halogens is 1. The van der Waals surface area contributed by atoms with Crippen molar-refractivity contribution in [2.75, 3.05) is 33.5 Å². The molecule has 19 heavy (non-hydrogen) atoms. The van der Waals surface area contributed by atoms with E-state index in [9.17, 15) is 9.18 Å². The third kappa shape index (κ3) is 5.81. The van der Waals surface area contributed by atoms with Gasteiger partial charge in [0.25, 0.3) is 5.91 Å². The minimum absolute atomic E-state index is 0.194. The molecule has 0 atom stereocenters. The van der Waals surface area contributed by atoms with Gasteiger partial charge in [-0.1, -0.05) is 0 Å². The van der Waals surface area contributed by atoms with Crippen molar-refractivity contribution in [2.45, 2.75) is 13.3 Å². The number of hydrogen-bond acceptors (Lipinski definition) is 3. The van der Waals surface area contributed by atoms with Crippen LogP contribution >= 0.6 is 0 Å². The van der Waals surface area contributed by atoms with Gasteiger partial charge >= 0.3 is 0 Å². The molecule has 4 nitrogen and oxygen atoms in total. The normalized spacial score (nSPS) is 10.5. The van der Waals surface area contributed by atoms with Crippen LogP contribution in [0.1, 0.15) is 22.3 Å². The SMILES string of the molecule is COCCOCCCNC(=O)c1ccc(F)c(C)c1. The maximum atomic E-state index is 13.1. The largest absolute Gasteiger partial charge is 0.382 e. The van der Waals surface area contributed by atoms with E-state index in [0.29, 0.717) is 37.5 Å². The standard InChI is InChI=1S/C14H20FNO3/c1-11-10-12(4-5-13(11)15)14(17)16-6-3-7-19-9-8-18-2/h4-5,10H,3,6-9H2,1-2H3,(H,16,17). The minimum Gasteiger partial charge on any atom is -0.382 e. The van der Waals surface area contributed by atoms with Crippen molar-refractivity contribution in [3.05, 3.63) is 35.1 Å². The molecule has 0 unspecified atom stereocenters. The van der Waals surface area contributed by atoms with Gasteiger partial charge in [0, 0.05) is 25.8 Å². The van der Waals surface area contributed by atoms with Crippen molar-refractivity contribution in [3.63, 3.8) is 0 Å². The molecule has 1 N–H and O–H groups in total. The summed E-state index contributed by atoms with van der Waals surface area (Å²) < 4.78 is 23.2. The monoisotopic (exact) mass is 269 g/mol. The van der Waals surface area contributed by atoms with Crippen LogP contribution in [0.15, 0.2) is 18.2 Å². The van der Waals surface area contributed by atoms with Crippen LogP contribution in [0, 0.1) is 12.7 Å². The summed E-state index contributed by atoms with van der Waals surface area (Å²) in [4.78, 5) is 11.7. The molecular weight excluding hydrogens is 249 g/mol. The fraction of sp³-hybridized carbons (Fsp3) is 0.500. The van der Waals surface area contributed by atoms with Crippen LogP contribution in [-0.4, -0.2) is 39.4 Å². The summed E-state index contributed by atoms with van der Waals surface area (Å²) in [6.45, 7) is 3.87. The highest BCUT2D eigenvalue weighted by Gasteiger charge is 2.06. The van der Waals surface area contributed by atoms with E-state index in [-0.39, 0.29) is 11.7 Å². The zero-order valence-corrected chi connectivity index (χ0v) is 11.4. The Bertz CT molecular complexity index is 410. The van der Waals surface area contributed by atoms with Gasteiger partial charge in [0.05, 0.1) is 13.2 Å². The molecule has 0 aliphatic heterocycles. The van der Waals surface area contributed by atoms with E-state index in [0.717, 1.165) is 6.42 Å². The van der Waals surface area contributed by atoms with Gasteiger partial charge in [0.15, 0.2) is 0 Å². The van der Waals surface area contributed by atoms with Crippen molar-refractivity contribution >= 4 is 5.91 Å². The van der Waals surface area contributed by atoms with Crippen LogP contribution in [0.3, 0.4) is 0 Å². The maximum Gasteiger partial charge on any atom is 0.251 e. The van der Waals surface area contributed by atoms with Gasteiger partial charge < -0.3 is 14.8 Å². The van der Waals surface area contributed by atoms with Gasteiger partial charge in [0.2, 0.25) is 0 Å². The molecule has 0 spiro atoms. The Morgan fingerprint density at radius 3 is 2.79 bits per heavy atom. The van der Waals surface area contributed by atoms with Gasteiger partial charge in [-0.05, 0) is 37.1 Å². The fourth-order valence-electron chi connectivity index (χ4n) is 1.51. The molecule has 1 rings (SSSR count). The van der Waals surface area contributed by atoms with E-state index in [1.54, 1.807) is 20.1 Å². The van der Waals surface area contributed by atoms with Gasteiger partial charge in [-0.2, -0.15) is 0 Å². The predicted octanol–water partition coefficient (Wildman–Crippen LogP) is 1.92. The molecule has 1 amide bonds. The number of nitrogens with one attached hydrogen (secondary N) is 1. The molecule has 5 heteroatoms. The summed E-state index contributed by atoms with van der Waals surface area (Å²) in [5, 5.41) is 2.76. The lowest BCUT2D eigenvalue weighted by atomic mass is 10.1. The molecule has 1 aromatic rings. The van der Waals surface area contributed by atoms with Gasteiger partial charge in [-0.3, -0.25) is 4.79 Å². The van der Waals surface area contributed by atoms with Crippen LogP contribution in [0.4, 0.5) is 4.39 Å². The molecule has 0 saturated heterocycles. The summed E-state index contributed by atoms with van der Waals surface area (Å²) >= 11 is 0. The Morgan fingerprint density at radius 2 is 2.11 bits per heavy atom. The summed E-state index contributed by atoms with van der Waals surface area (Å²) in [6.07, 6.45) is 0.732. The van der Waals surface area contributed by atoms with Crippen LogP contribution in [0.25, 0.3) is 0 Å². The first-order valence-corrected chi connectivity index (χ1v) is 6.26. The highest BCUT2D eigenvalue weighted by Crippen LogP contribution is 2.08. The molecule has 0 fully saturated rings. The zero-order chi connectivity index (χ0) is 14.1. The summed E-state index contributed by atoms with van der Waals surface area (Å²) in [5.74, 6) is -0.497. The first-order valence-electron chi connectivity index (χ1n) is 6.26. The summed E-state index contributed by atoms with van der Waals surface area (Å²) in [7, 11) is 1.62. The summed E-state index contributed by atoms with van der Waals surface area (Å²) in [5.41, 5.74) is 0.940. The van der Waals surface area contributed by atoms with E-state index < -0.39 is 0 Å². The molecule has 0 aliphatic rings. The Kier molecular flexibility index (Phi) is 7.07. The fourth-order valence-corrected chi connectivity index (χ4v) is 1.51. The minimum atomic E-state index is -0.303. The number of rotatable bonds is 8. The third-order valence-electron chi connectivity index (χ3n) is 2.60. The lowest BCUT2D eigenvalue weighted by Gasteiger charge is -2.07. The second-order valence-corrected chi connectivity index (χ2v) is 4.18. The second kappa shape index (κ2) is 8.61. The van der Waals surface area contributed by atoms with E-state index in [1.807, 2.05) is 0 Å². The number of carbonyl (C=O) groups is 1. The van der Waals surface area contributed by atoms with Crippen molar-refractivity contribution < 1.29 is 18.7 Å². The molecule has 0 bridgehead atoms. The lowest BCUT2D eigenvalue weighted by Crippen LogP contribution is -2.25. The number of amides is 1. The van der Waals surface area contributed by atoms with Crippen LogP contribution in [-0.2, 0) is 9.47 Å². The maximum absolute atomic E-state index is 13.1. The molecular formula is C14H20FNO3. The number of carbonyl (C=O) groups excluding carboxylic acids is 1. The summed E-state index contributed by atoms with van der Waals surface area (Å²) in [6, 6.07) is 4.32. The second-order valence-electron chi connectivity index (χ2n) is 4.18. The zero-order valence-electron chi connectivity index (χ0n) is 11.4. The van der Waals surface area contributed by atoms with Gasteiger partial charge in [-0.15, -0.1) is 0 Å². The average molecular weight is 269 g/mol. The highest BCUT2D eigenvalue weighted by atomic mass is 19.1. The molecule has 0 heterocycles. The van der Waals surface area contributed by atoms with E-state index >= 15 is 0 Å². The Hall–Kier alpha value is -1.46. The van der Waals surface area contributed by atoms with Crippen LogP contribution < -0.4 is 5.32 Å². The Morgan fingerprint density at radius 1 is 1.32 bits per heavy atom. The van der Waals surface area contributed by atoms with Crippen molar-refractivity contribution in [1.82, 2.24) is 5.32 Å². The van der Waals surface area contributed by atoms with Crippen LogP contribution in [0.2, 0.25) is 0 Å². The Balaban J connectivity index is 2.22. The quantitative estimate of drug-likeness (QED) is 0.733. The van der Waals surface area contributed by atoms with E-state index in [4.69, 9.17) is 9.47 Å². The van der Waals surface area contributed by atoms with Crippen molar-refractivity contribution in [3.8, 4) is 0 Å². The third-order valence-corrected chi connectivity index (χ3v) is 2.60.